The van der Waals surface area contributed by atoms with Gasteiger partial charge in [-0.15, -0.1) is 0 Å². The summed E-state index contributed by atoms with van der Waals surface area (Å²) < 4.78 is 0. The molecule has 0 aromatic rings. The highest BCUT2D eigenvalue weighted by molar-refractivity contribution is 4.78. The van der Waals surface area contributed by atoms with Gasteiger partial charge in [0.2, 0.25) is 0 Å². The Balaban J connectivity index is 1.92. The van der Waals surface area contributed by atoms with Crippen LogP contribution in [0.4, 0.5) is 0 Å². The zero-order valence-corrected chi connectivity index (χ0v) is 8.45. The van der Waals surface area contributed by atoms with Gasteiger partial charge in [-0.05, 0) is 12.8 Å². The summed E-state index contributed by atoms with van der Waals surface area (Å²) in [6.45, 7) is 1.04. The van der Waals surface area contributed by atoms with E-state index in [1.165, 1.54) is 32.1 Å². The Morgan fingerprint density at radius 1 is 1.08 bits per heavy atom. The van der Waals surface area contributed by atoms with Crippen molar-refractivity contribution in [3.8, 4) is 0 Å². The molecule has 1 unspecified atom stereocenters. The molecule has 1 heterocycles. The van der Waals surface area contributed by atoms with Gasteiger partial charge in [0.25, 0.3) is 0 Å². The fraction of sp³-hybridized carbons (Fsp3) is 1.00. The summed E-state index contributed by atoms with van der Waals surface area (Å²) in [5, 5.41) is 14.0. The van der Waals surface area contributed by atoms with Crippen molar-refractivity contribution in [3.05, 3.63) is 0 Å². The molecule has 0 spiro atoms. The van der Waals surface area contributed by atoms with Gasteiger partial charge < -0.3 is 5.11 Å². The quantitative estimate of drug-likeness (QED) is 0.663. The fourth-order valence-electron chi connectivity index (χ4n) is 2.58. The number of nitrogens with zero attached hydrogens (tertiary/aromatic N) is 2. The Hall–Kier alpha value is -0.120. The summed E-state index contributed by atoms with van der Waals surface area (Å²) in [4.78, 5) is 0. The summed E-state index contributed by atoms with van der Waals surface area (Å²) in [5.41, 5.74) is 0. The average Bonchev–Trinajstić information content (AvgIpc) is 2.49. The fourth-order valence-corrected chi connectivity index (χ4v) is 2.58. The molecule has 0 bridgehead atoms. The SMILES string of the molecule is CN1C(O)CCN1C1CCCCC1. The summed E-state index contributed by atoms with van der Waals surface area (Å²) in [6.07, 6.45) is 7.44. The highest BCUT2D eigenvalue weighted by Gasteiger charge is 2.32. The lowest BCUT2D eigenvalue weighted by Gasteiger charge is -2.35. The van der Waals surface area contributed by atoms with Crippen molar-refractivity contribution >= 4 is 0 Å². The van der Waals surface area contributed by atoms with Crippen LogP contribution in [0, 0.1) is 0 Å². The largest absolute Gasteiger partial charge is 0.377 e. The molecule has 1 saturated carbocycles. The molecule has 1 atom stereocenters. The minimum absolute atomic E-state index is 0.234. The average molecular weight is 184 g/mol. The van der Waals surface area contributed by atoms with Crippen molar-refractivity contribution in [1.82, 2.24) is 10.0 Å². The predicted octanol–water partition coefficient (Wildman–Crippen LogP) is 1.19. The molecule has 2 rings (SSSR count). The first kappa shape index (κ1) is 9.44. The van der Waals surface area contributed by atoms with Crippen LogP contribution in [0.2, 0.25) is 0 Å². The van der Waals surface area contributed by atoms with Crippen molar-refractivity contribution < 1.29 is 5.11 Å². The van der Waals surface area contributed by atoms with Crippen molar-refractivity contribution in [1.29, 1.82) is 0 Å². The van der Waals surface area contributed by atoms with E-state index in [2.05, 4.69) is 5.01 Å². The molecule has 13 heavy (non-hydrogen) atoms. The van der Waals surface area contributed by atoms with E-state index in [1.54, 1.807) is 0 Å². The topological polar surface area (TPSA) is 26.7 Å². The smallest absolute Gasteiger partial charge is 0.121 e. The second kappa shape index (κ2) is 3.95. The molecule has 2 fully saturated rings. The van der Waals surface area contributed by atoms with E-state index in [0.717, 1.165) is 13.0 Å². The number of hydrogen-bond donors (Lipinski definition) is 1. The van der Waals surface area contributed by atoms with Gasteiger partial charge in [0, 0.05) is 26.1 Å². The van der Waals surface area contributed by atoms with E-state index in [0.29, 0.717) is 6.04 Å². The van der Waals surface area contributed by atoms with E-state index >= 15 is 0 Å². The van der Waals surface area contributed by atoms with E-state index in [9.17, 15) is 5.11 Å². The van der Waals surface area contributed by atoms with Gasteiger partial charge >= 0.3 is 0 Å². The van der Waals surface area contributed by atoms with Gasteiger partial charge in [0.15, 0.2) is 0 Å². The molecular formula is C10H20N2O. The number of hydrogen-bond acceptors (Lipinski definition) is 3. The first-order chi connectivity index (χ1) is 6.29. The molecule has 3 heteroatoms. The normalized spacial score (nSPS) is 34.2. The molecule has 0 aromatic carbocycles. The van der Waals surface area contributed by atoms with Gasteiger partial charge in [-0.25, -0.2) is 10.0 Å². The van der Waals surface area contributed by atoms with Crippen LogP contribution < -0.4 is 0 Å². The summed E-state index contributed by atoms with van der Waals surface area (Å²) in [5.74, 6) is 0. The van der Waals surface area contributed by atoms with Crippen LogP contribution in [0.15, 0.2) is 0 Å². The molecule has 0 aromatic heterocycles. The molecule has 1 aliphatic carbocycles. The maximum atomic E-state index is 9.58. The van der Waals surface area contributed by atoms with Crippen molar-refractivity contribution in [2.75, 3.05) is 13.6 Å². The number of aliphatic hydroxyl groups excluding tert-OH is 1. The maximum Gasteiger partial charge on any atom is 0.121 e. The van der Waals surface area contributed by atoms with Crippen LogP contribution in [-0.4, -0.2) is 41.0 Å². The van der Waals surface area contributed by atoms with Gasteiger partial charge in [0.1, 0.15) is 6.23 Å². The van der Waals surface area contributed by atoms with Crippen molar-refractivity contribution in [2.45, 2.75) is 50.8 Å². The molecule has 1 saturated heterocycles. The first-order valence-corrected chi connectivity index (χ1v) is 5.46. The van der Waals surface area contributed by atoms with Crippen LogP contribution in [0.3, 0.4) is 0 Å². The molecule has 1 aliphatic heterocycles. The molecule has 1 N–H and O–H groups in total. The Morgan fingerprint density at radius 2 is 1.77 bits per heavy atom. The zero-order chi connectivity index (χ0) is 9.26. The Labute approximate surface area is 80.3 Å². The van der Waals surface area contributed by atoms with E-state index in [1.807, 2.05) is 12.1 Å². The minimum atomic E-state index is -0.234. The molecule has 0 amide bonds. The molecule has 0 radical (unpaired) electrons. The Morgan fingerprint density at radius 3 is 2.31 bits per heavy atom. The molecule has 2 aliphatic rings. The van der Waals surface area contributed by atoms with Crippen LogP contribution in [-0.2, 0) is 0 Å². The van der Waals surface area contributed by atoms with E-state index < -0.39 is 0 Å². The van der Waals surface area contributed by atoms with E-state index in [4.69, 9.17) is 0 Å². The maximum absolute atomic E-state index is 9.58. The highest BCUT2D eigenvalue weighted by atomic mass is 16.3. The summed E-state index contributed by atoms with van der Waals surface area (Å²) in [6, 6.07) is 0.705. The van der Waals surface area contributed by atoms with Crippen LogP contribution in [0.5, 0.6) is 0 Å². The molecular weight excluding hydrogens is 164 g/mol. The van der Waals surface area contributed by atoms with E-state index in [-0.39, 0.29) is 6.23 Å². The second-order valence-electron chi connectivity index (χ2n) is 4.30. The van der Waals surface area contributed by atoms with Gasteiger partial charge in [-0.2, -0.15) is 0 Å². The van der Waals surface area contributed by atoms with Crippen LogP contribution >= 0.6 is 0 Å². The summed E-state index contributed by atoms with van der Waals surface area (Å²) >= 11 is 0. The third kappa shape index (κ3) is 1.87. The molecule has 76 valence electrons. The lowest BCUT2D eigenvalue weighted by Crippen LogP contribution is -2.45. The van der Waals surface area contributed by atoms with Crippen LogP contribution in [0.1, 0.15) is 38.5 Å². The second-order valence-corrected chi connectivity index (χ2v) is 4.30. The van der Waals surface area contributed by atoms with Crippen molar-refractivity contribution in [2.24, 2.45) is 0 Å². The zero-order valence-electron chi connectivity index (χ0n) is 8.45. The Kier molecular flexibility index (Phi) is 2.86. The molecule has 3 nitrogen and oxygen atoms in total. The third-order valence-corrected chi connectivity index (χ3v) is 3.45. The minimum Gasteiger partial charge on any atom is -0.377 e. The lowest BCUT2D eigenvalue weighted by atomic mass is 9.95. The standard InChI is InChI=1S/C10H20N2O/c1-11-10(13)7-8-12(11)9-5-3-2-4-6-9/h9-10,13H,2-8H2,1H3. The number of hydrazine groups is 1. The van der Waals surface area contributed by atoms with Crippen LogP contribution in [0.25, 0.3) is 0 Å². The highest BCUT2D eigenvalue weighted by Crippen LogP contribution is 2.27. The first-order valence-electron chi connectivity index (χ1n) is 5.46. The van der Waals surface area contributed by atoms with Gasteiger partial charge in [-0.1, -0.05) is 19.3 Å². The third-order valence-electron chi connectivity index (χ3n) is 3.45. The lowest BCUT2D eigenvalue weighted by molar-refractivity contribution is -0.0905. The predicted molar refractivity (Wildman–Crippen MR) is 52.0 cm³/mol. The van der Waals surface area contributed by atoms with Gasteiger partial charge in [0.05, 0.1) is 0 Å². The van der Waals surface area contributed by atoms with Crippen molar-refractivity contribution in [3.63, 3.8) is 0 Å². The van der Waals surface area contributed by atoms with Gasteiger partial charge in [-0.3, -0.25) is 0 Å². The number of aliphatic hydroxyl groups is 1. The monoisotopic (exact) mass is 184 g/mol. The number of rotatable bonds is 1. The summed E-state index contributed by atoms with van der Waals surface area (Å²) in [7, 11) is 2.01. The Bertz CT molecular complexity index is 168.